The molecule has 0 aliphatic carbocycles. The maximum Gasteiger partial charge on any atom is 0.417 e. The van der Waals surface area contributed by atoms with Crippen molar-refractivity contribution in [2.24, 2.45) is 0 Å². The second-order valence-electron chi connectivity index (χ2n) is 6.39. The molecule has 0 unspecified atom stereocenters. The lowest BCUT2D eigenvalue weighted by Gasteiger charge is -2.11. The number of para-hydroxylation sites is 1. The van der Waals surface area contributed by atoms with Gasteiger partial charge >= 0.3 is 17.4 Å². The second-order valence-corrected chi connectivity index (χ2v) is 6.39. The summed E-state index contributed by atoms with van der Waals surface area (Å²) < 4.78 is 50.5. The van der Waals surface area contributed by atoms with Crippen LogP contribution in [0.4, 0.5) is 18.9 Å². The van der Waals surface area contributed by atoms with E-state index in [2.05, 4.69) is 5.32 Å². The summed E-state index contributed by atoms with van der Waals surface area (Å²) in [6.07, 6.45) is -4.75. The summed E-state index contributed by atoms with van der Waals surface area (Å²) in [4.78, 5) is 24.3. The maximum absolute atomic E-state index is 13.4. The van der Waals surface area contributed by atoms with Gasteiger partial charge in [-0.05, 0) is 25.1 Å². The molecule has 4 rings (SSSR count). The Bertz CT molecular complexity index is 1350. The van der Waals surface area contributed by atoms with Crippen LogP contribution in [0.15, 0.2) is 67.0 Å². The van der Waals surface area contributed by atoms with Gasteiger partial charge in [-0.15, -0.1) is 0 Å². The van der Waals surface area contributed by atoms with E-state index in [1.54, 1.807) is 18.2 Å². The normalized spacial score (nSPS) is 11.9. The third-order valence-corrected chi connectivity index (χ3v) is 4.48. The molecular formula is C21H14F3NO4. The number of fused-ring (bicyclic) bond motifs is 2. The van der Waals surface area contributed by atoms with Crippen LogP contribution in [0.3, 0.4) is 0 Å². The average Bonchev–Trinajstić information content (AvgIpc) is 2.66. The minimum atomic E-state index is -4.75. The Hall–Kier alpha value is -3.55. The Morgan fingerprint density at radius 1 is 0.966 bits per heavy atom. The summed E-state index contributed by atoms with van der Waals surface area (Å²) in [5.74, 6) is 0. The van der Waals surface area contributed by atoms with Crippen molar-refractivity contribution in [3.8, 4) is 11.1 Å². The SMILES string of the molecule is CCNc1ccc2cc(-c3cccc4c(C(F)(F)F)cc(=O)oc34)c(=O)oc2c1. The average molecular weight is 401 g/mol. The molecular weight excluding hydrogens is 387 g/mol. The number of nitrogens with one attached hydrogen (secondary N) is 1. The van der Waals surface area contributed by atoms with Gasteiger partial charge in [0, 0.05) is 40.7 Å². The zero-order valence-electron chi connectivity index (χ0n) is 15.1. The summed E-state index contributed by atoms with van der Waals surface area (Å²) in [6, 6.07) is 11.1. The Labute approximate surface area is 161 Å². The molecule has 148 valence electrons. The summed E-state index contributed by atoms with van der Waals surface area (Å²) >= 11 is 0. The number of halogens is 3. The third-order valence-electron chi connectivity index (χ3n) is 4.48. The van der Waals surface area contributed by atoms with E-state index >= 15 is 0 Å². The molecule has 0 bridgehead atoms. The Balaban J connectivity index is 2.00. The molecule has 29 heavy (non-hydrogen) atoms. The molecule has 1 N–H and O–H groups in total. The summed E-state index contributed by atoms with van der Waals surface area (Å²) in [5.41, 5.74) is -2.19. The lowest BCUT2D eigenvalue weighted by atomic mass is 10.0. The van der Waals surface area contributed by atoms with Crippen LogP contribution in [-0.4, -0.2) is 6.54 Å². The quantitative estimate of drug-likeness (QED) is 0.488. The Morgan fingerprint density at radius 2 is 1.76 bits per heavy atom. The summed E-state index contributed by atoms with van der Waals surface area (Å²) in [5, 5.41) is 3.37. The van der Waals surface area contributed by atoms with Crippen molar-refractivity contribution in [2.45, 2.75) is 13.1 Å². The first-order chi connectivity index (χ1) is 13.8. The molecule has 0 radical (unpaired) electrons. The van der Waals surface area contributed by atoms with Crippen molar-refractivity contribution in [3.63, 3.8) is 0 Å². The lowest BCUT2D eigenvalue weighted by molar-refractivity contribution is -0.136. The van der Waals surface area contributed by atoms with E-state index in [9.17, 15) is 22.8 Å². The number of hydrogen-bond acceptors (Lipinski definition) is 5. The molecule has 0 saturated carbocycles. The van der Waals surface area contributed by atoms with Crippen molar-refractivity contribution >= 4 is 27.6 Å². The van der Waals surface area contributed by atoms with Crippen molar-refractivity contribution in [3.05, 3.63) is 74.9 Å². The fourth-order valence-corrected chi connectivity index (χ4v) is 3.24. The zero-order chi connectivity index (χ0) is 20.8. The fraction of sp³-hybridized carbons (Fsp3) is 0.143. The van der Waals surface area contributed by atoms with E-state index in [0.717, 1.165) is 5.69 Å². The molecule has 2 aromatic carbocycles. The van der Waals surface area contributed by atoms with Gasteiger partial charge in [-0.1, -0.05) is 18.2 Å². The highest BCUT2D eigenvalue weighted by Crippen LogP contribution is 2.37. The van der Waals surface area contributed by atoms with E-state index in [4.69, 9.17) is 8.83 Å². The van der Waals surface area contributed by atoms with Crippen LogP contribution >= 0.6 is 0 Å². The van der Waals surface area contributed by atoms with Crippen molar-refractivity contribution in [1.82, 2.24) is 0 Å². The van der Waals surface area contributed by atoms with Crippen molar-refractivity contribution < 1.29 is 22.0 Å². The highest BCUT2D eigenvalue weighted by atomic mass is 19.4. The van der Waals surface area contributed by atoms with Crippen LogP contribution in [0.2, 0.25) is 0 Å². The molecule has 0 aliphatic rings. The molecule has 2 aromatic heterocycles. The van der Waals surface area contributed by atoms with Gasteiger partial charge in [-0.3, -0.25) is 0 Å². The summed E-state index contributed by atoms with van der Waals surface area (Å²) in [6.45, 7) is 2.61. The van der Waals surface area contributed by atoms with Crippen molar-refractivity contribution in [2.75, 3.05) is 11.9 Å². The van der Waals surface area contributed by atoms with Crippen LogP contribution in [0.5, 0.6) is 0 Å². The second kappa shape index (κ2) is 6.80. The highest BCUT2D eigenvalue weighted by Gasteiger charge is 2.34. The van der Waals surface area contributed by atoms with Crippen LogP contribution in [0, 0.1) is 0 Å². The largest absolute Gasteiger partial charge is 0.422 e. The van der Waals surface area contributed by atoms with Gasteiger partial charge in [0.05, 0.1) is 11.1 Å². The number of anilines is 1. The first-order valence-corrected chi connectivity index (χ1v) is 8.74. The predicted molar refractivity (Wildman–Crippen MR) is 103 cm³/mol. The third kappa shape index (κ3) is 3.37. The fourth-order valence-electron chi connectivity index (χ4n) is 3.24. The summed E-state index contributed by atoms with van der Waals surface area (Å²) in [7, 11) is 0. The van der Waals surface area contributed by atoms with Crippen LogP contribution in [0.25, 0.3) is 33.1 Å². The molecule has 5 nitrogen and oxygen atoms in total. The van der Waals surface area contributed by atoms with Gasteiger partial charge in [0.2, 0.25) is 0 Å². The zero-order valence-corrected chi connectivity index (χ0v) is 15.1. The molecule has 0 saturated heterocycles. The van der Waals surface area contributed by atoms with Crippen LogP contribution < -0.4 is 16.6 Å². The van der Waals surface area contributed by atoms with Crippen LogP contribution in [-0.2, 0) is 6.18 Å². The monoisotopic (exact) mass is 401 g/mol. The van der Waals surface area contributed by atoms with Gasteiger partial charge in [-0.25, -0.2) is 9.59 Å². The van der Waals surface area contributed by atoms with Gasteiger partial charge in [-0.2, -0.15) is 13.2 Å². The number of benzene rings is 2. The smallest absolute Gasteiger partial charge is 0.417 e. The van der Waals surface area contributed by atoms with Gasteiger partial charge < -0.3 is 14.2 Å². The molecule has 8 heteroatoms. The van der Waals surface area contributed by atoms with Crippen molar-refractivity contribution in [1.29, 1.82) is 0 Å². The van der Waals surface area contributed by atoms with E-state index in [1.165, 1.54) is 24.3 Å². The topological polar surface area (TPSA) is 72.5 Å². The predicted octanol–water partition coefficient (Wildman–Crippen LogP) is 5.02. The van der Waals surface area contributed by atoms with Crippen LogP contribution in [0.1, 0.15) is 12.5 Å². The van der Waals surface area contributed by atoms with E-state index in [1.807, 2.05) is 6.92 Å². The molecule has 0 spiro atoms. The minimum Gasteiger partial charge on any atom is -0.422 e. The van der Waals surface area contributed by atoms with E-state index in [-0.39, 0.29) is 22.1 Å². The standard InChI is InChI=1S/C21H14F3NO4/c1-2-25-12-7-6-11-8-15(20(27)28-17(11)9-12)13-4-3-5-14-16(21(22,23)24)10-18(26)29-19(13)14/h3-10,25H,2H2,1H3. The van der Waals surface area contributed by atoms with Gasteiger partial charge in [0.25, 0.3) is 0 Å². The number of alkyl halides is 3. The van der Waals surface area contributed by atoms with E-state index in [0.29, 0.717) is 23.6 Å². The molecule has 0 fully saturated rings. The lowest BCUT2D eigenvalue weighted by Crippen LogP contribution is -2.12. The maximum atomic E-state index is 13.4. The first-order valence-electron chi connectivity index (χ1n) is 8.74. The Morgan fingerprint density at radius 3 is 2.48 bits per heavy atom. The first kappa shape index (κ1) is 18.8. The molecule has 2 heterocycles. The molecule has 0 amide bonds. The van der Waals surface area contributed by atoms with Gasteiger partial charge in [0.1, 0.15) is 11.2 Å². The Kier molecular flexibility index (Phi) is 4.41. The van der Waals surface area contributed by atoms with Gasteiger partial charge in [0.15, 0.2) is 0 Å². The van der Waals surface area contributed by atoms with E-state index < -0.39 is 23.0 Å². The molecule has 0 atom stereocenters. The highest BCUT2D eigenvalue weighted by molar-refractivity contribution is 5.95. The molecule has 0 aliphatic heterocycles. The minimum absolute atomic E-state index is 0.00164. The number of hydrogen-bond donors (Lipinski definition) is 1. The molecule has 4 aromatic rings. The number of rotatable bonds is 3.